The molecule has 1 fully saturated rings. The van der Waals surface area contributed by atoms with Crippen molar-refractivity contribution in [2.75, 3.05) is 13.1 Å². The number of likely N-dealkylation sites (tertiary alicyclic amines) is 1. The van der Waals surface area contributed by atoms with Crippen LogP contribution in [0.3, 0.4) is 0 Å². The molecule has 7 nitrogen and oxygen atoms in total. The molecule has 0 bridgehead atoms. The average Bonchev–Trinajstić information content (AvgIpc) is 3.24. The van der Waals surface area contributed by atoms with Gasteiger partial charge in [0.1, 0.15) is 10.5 Å². The SMILES string of the molecule is CCCn1c(=O)c2sccc2n2c(CCCC(=O)N3CCCCCC3)nnc12. The Morgan fingerprint density at radius 2 is 1.96 bits per heavy atom. The van der Waals surface area contributed by atoms with Crippen molar-refractivity contribution in [1.29, 1.82) is 0 Å². The summed E-state index contributed by atoms with van der Waals surface area (Å²) in [7, 11) is 0. The summed E-state index contributed by atoms with van der Waals surface area (Å²) in [5, 5.41) is 10.6. The fraction of sp³-hybridized carbons (Fsp3) is 0.600. The van der Waals surface area contributed by atoms with Crippen molar-refractivity contribution in [3.05, 3.63) is 27.6 Å². The van der Waals surface area contributed by atoms with Crippen LogP contribution in [0.5, 0.6) is 0 Å². The molecule has 0 saturated carbocycles. The summed E-state index contributed by atoms with van der Waals surface area (Å²) in [6.07, 6.45) is 7.51. The maximum atomic E-state index is 12.8. The Labute approximate surface area is 168 Å². The van der Waals surface area contributed by atoms with Gasteiger partial charge < -0.3 is 4.90 Å². The van der Waals surface area contributed by atoms with Gasteiger partial charge in [0.25, 0.3) is 5.56 Å². The lowest BCUT2D eigenvalue weighted by Gasteiger charge is -2.20. The first-order valence-electron chi connectivity index (χ1n) is 10.3. The van der Waals surface area contributed by atoms with E-state index in [1.54, 1.807) is 4.57 Å². The smallest absolute Gasteiger partial charge is 0.272 e. The number of nitrogens with zero attached hydrogens (tertiary/aromatic N) is 5. The standard InChI is InChI=1S/C20H27N5O2S/c1-2-11-24-19(27)18-15(10-14-28-18)25-16(21-22-20(24)25)8-7-9-17(26)23-12-5-3-4-6-13-23/h10,14H,2-9,11-13H2,1H3. The molecule has 4 rings (SSSR count). The van der Waals surface area contributed by atoms with Gasteiger partial charge >= 0.3 is 0 Å². The van der Waals surface area contributed by atoms with Crippen LogP contribution in [0.15, 0.2) is 16.2 Å². The lowest BCUT2D eigenvalue weighted by Crippen LogP contribution is -2.31. The summed E-state index contributed by atoms with van der Waals surface area (Å²) in [6, 6.07) is 1.96. The minimum atomic E-state index is 0.00893. The molecule has 1 aliphatic heterocycles. The first-order chi connectivity index (χ1) is 13.7. The van der Waals surface area contributed by atoms with Crippen molar-refractivity contribution < 1.29 is 4.79 Å². The van der Waals surface area contributed by atoms with E-state index in [2.05, 4.69) is 10.2 Å². The molecule has 3 aromatic heterocycles. The van der Waals surface area contributed by atoms with Crippen LogP contribution in [0.25, 0.3) is 16.0 Å². The number of aryl methyl sites for hydroxylation is 2. The zero-order valence-electron chi connectivity index (χ0n) is 16.4. The maximum Gasteiger partial charge on any atom is 0.272 e. The summed E-state index contributed by atoms with van der Waals surface area (Å²) in [5.74, 6) is 1.68. The first-order valence-corrected chi connectivity index (χ1v) is 11.2. The maximum absolute atomic E-state index is 12.8. The molecule has 4 heterocycles. The number of hydrogen-bond acceptors (Lipinski definition) is 5. The van der Waals surface area contributed by atoms with Gasteiger partial charge in [-0.2, -0.15) is 0 Å². The second-order valence-electron chi connectivity index (χ2n) is 7.49. The first kappa shape index (κ1) is 19.1. The highest BCUT2D eigenvalue weighted by molar-refractivity contribution is 7.17. The summed E-state index contributed by atoms with van der Waals surface area (Å²) < 4.78 is 4.46. The third-order valence-corrected chi connectivity index (χ3v) is 6.37. The van der Waals surface area contributed by atoms with E-state index in [-0.39, 0.29) is 11.5 Å². The third-order valence-electron chi connectivity index (χ3n) is 5.48. The van der Waals surface area contributed by atoms with Crippen molar-refractivity contribution >= 4 is 33.2 Å². The van der Waals surface area contributed by atoms with E-state index in [0.29, 0.717) is 25.2 Å². The zero-order valence-corrected chi connectivity index (χ0v) is 17.2. The number of rotatable bonds is 6. The molecule has 0 N–H and O–H groups in total. The van der Waals surface area contributed by atoms with Crippen molar-refractivity contribution in [2.24, 2.45) is 0 Å². The van der Waals surface area contributed by atoms with Gasteiger partial charge in [0.2, 0.25) is 11.7 Å². The Morgan fingerprint density at radius 3 is 2.71 bits per heavy atom. The molecule has 0 atom stereocenters. The molecule has 150 valence electrons. The number of thiophene rings is 1. The Hall–Kier alpha value is -2.22. The minimum absolute atomic E-state index is 0.00893. The molecule has 0 unspecified atom stereocenters. The summed E-state index contributed by atoms with van der Waals surface area (Å²) in [4.78, 5) is 27.3. The largest absolute Gasteiger partial charge is 0.343 e. The van der Waals surface area contributed by atoms with Crippen molar-refractivity contribution in [1.82, 2.24) is 24.1 Å². The molecular weight excluding hydrogens is 374 g/mol. The van der Waals surface area contributed by atoms with E-state index in [1.807, 2.05) is 27.7 Å². The molecule has 0 spiro atoms. The van der Waals surface area contributed by atoms with E-state index in [1.165, 1.54) is 24.2 Å². The number of fused-ring (bicyclic) bond motifs is 3. The highest BCUT2D eigenvalue weighted by Gasteiger charge is 2.18. The predicted octanol–water partition coefficient (Wildman–Crippen LogP) is 3.24. The molecule has 1 aliphatic rings. The van der Waals surface area contributed by atoms with Gasteiger partial charge in [-0.15, -0.1) is 21.5 Å². The highest BCUT2D eigenvalue weighted by Crippen LogP contribution is 2.21. The summed E-state index contributed by atoms with van der Waals surface area (Å²) >= 11 is 1.46. The highest BCUT2D eigenvalue weighted by atomic mass is 32.1. The van der Waals surface area contributed by atoms with Crippen molar-refractivity contribution in [3.63, 3.8) is 0 Å². The molecule has 8 heteroatoms. The van der Waals surface area contributed by atoms with Crippen LogP contribution in [0.4, 0.5) is 0 Å². The predicted molar refractivity (Wildman–Crippen MR) is 111 cm³/mol. The lowest BCUT2D eigenvalue weighted by molar-refractivity contribution is -0.131. The fourth-order valence-electron chi connectivity index (χ4n) is 4.04. The van der Waals surface area contributed by atoms with Gasteiger partial charge in [-0.05, 0) is 37.1 Å². The van der Waals surface area contributed by atoms with Crippen LogP contribution < -0.4 is 5.56 Å². The topological polar surface area (TPSA) is 72.5 Å². The van der Waals surface area contributed by atoms with Crippen molar-refractivity contribution in [3.8, 4) is 0 Å². The zero-order chi connectivity index (χ0) is 19.5. The Balaban J connectivity index is 1.54. The number of amides is 1. The average molecular weight is 402 g/mol. The molecule has 1 amide bonds. The molecular formula is C20H27N5O2S. The summed E-state index contributed by atoms with van der Waals surface area (Å²) in [5.41, 5.74) is 0.880. The van der Waals surface area contributed by atoms with Crippen LogP contribution in [0, 0.1) is 0 Å². The van der Waals surface area contributed by atoms with E-state index in [9.17, 15) is 9.59 Å². The van der Waals surface area contributed by atoms with Gasteiger partial charge in [0.05, 0.1) is 5.52 Å². The number of carbonyl (C=O) groups excluding carboxylic acids is 1. The normalized spacial score (nSPS) is 15.4. The Morgan fingerprint density at radius 1 is 1.18 bits per heavy atom. The van der Waals surface area contributed by atoms with E-state index in [0.717, 1.165) is 54.8 Å². The second-order valence-corrected chi connectivity index (χ2v) is 8.41. The van der Waals surface area contributed by atoms with Crippen LogP contribution in [0.1, 0.15) is 57.7 Å². The second kappa shape index (κ2) is 8.43. The fourth-order valence-corrected chi connectivity index (χ4v) is 4.87. The van der Waals surface area contributed by atoms with Crippen molar-refractivity contribution in [2.45, 2.75) is 64.8 Å². The lowest BCUT2D eigenvalue weighted by atomic mass is 10.2. The van der Waals surface area contributed by atoms with Crippen LogP contribution in [0.2, 0.25) is 0 Å². The monoisotopic (exact) mass is 401 g/mol. The van der Waals surface area contributed by atoms with Gasteiger partial charge in [-0.1, -0.05) is 19.8 Å². The number of carbonyl (C=O) groups is 1. The molecule has 28 heavy (non-hydrogen) atoms. The van der Waals surface area contributed by atoms with Gasteiger partial charge in [-0.3, -0.25) is 18.6 Å². The summed E-state index contributed by atoms with van der Waals surface area (Å²) in [6.45, 7) is 4.46. The third kappa shape index (κ3) is 3.57. The van der Waals surface area contributed by atoms with Gasteiger partial charge in [0, 0.05) is 32.5 Å². The minimum Gasteiger partial charge on any atom is -0.343 e. The molecule has 0 aromatic carbocycles. The van der Waals surface area contributed by atoms with Crippen LogP contribution in [-0.2, 0) is 17.8 Å². The molecule has 3 aromatic rings. The molecule has 0 radical (unpaired) electrons. The molecule has 0 aliphatic carbocycles. The Kier molecular flexibility index (Phi) is 5.75. The number of hydrogen-bond donors (Lipinski definition) is 0. The van der Waals surface area contributed by atoms with E-state index < -0.39 is 0 Å². The molecule has 1 saturated heterocycles. The van der Waals surface area contributed by atoms with Crippen LogP contribution >= 0.6 is 11.3 Å². The van der Waals surface area contributed by atoms with Crippen LogP contribution in [-0.4, -0.2) is 43.1 Å². The number of aromatic nitrogens is 4. The Bertz CT molecular complexity index is 1030. The van der Waals surface area contributed by atoms with Gasteiger partial charge in [-0.25, -0.2) is 0 Å². The van der Waals surface area contributed by atoms with Gasteiger partial charge in [0.15, 0.2) is 0 Å². The van der Waals surface area contributed by atoms with E-state index in [4.69, 9.17) is 0 Å². The van der Waals surface area contributed by atoms with E-state index >= 15 is 0 Å². The quantitative estimate of drug-likeness (QED) is 0.636.